The molecule has 0 bridgehead atoms. The standard InChI is InChI=1S/C32H36N2O2/c35-31(25-14-5-1-6-15-25)33(27-18-9-3-10-19-27)29-22-13-23-30(24-29)34(28-20-11-4-12-21-28)32(36)26-16-7-2-8-17-26/h1-2,5-8,13-17,22-24,27-28H,3-4,9-12,18-21H2. The Kier molecular flexibility index (Phi) is 7.80. The molecule has 5 rings (SSSR count). The first kappa shape index (κ1) is 24.3. The molecule has 4 heteroatoms. The summed E-state index contributed by atoms with van der Waals surface area (Å²) in [6, 6.07) is 27.7. The highest BCUT2D eigenvalue weighted by Crippen LogP contribution is 2.34. The van der Waals surface area contributed by atoms with Gasteiger partial charge >= 0.3 is 0 Å². The van der Waals surface area contributed by atoms with Crippen LogP contribution in [0.15, 0.2) is 84.9 Å². The predicted octanol–water partition coefficient (Wildman–Crippen LogP) is 7.65. The molecule has 0 saturated heterocycles. The fourth-order valence-corrected chi connectivity index (χ4v) is 5.90. The maximum absolute atomic E-state index is 13.8. The fourth-order valence-electron chi connectivity index (χ4n) is 5.90. The zero-order chi connectivity index (χ0) is 24.7. The second-order valence-electron chi connectivity index (χ2n) is 10.2. The number of nitrogens with zero attached hydrogens (tertiary/aromatic N) is 2. The highest BCUT2D eigenvalue weighted by atomic mass is 16.2. The molecule has 0 radical (unpaired) electrons. The van der Waals surface area contributed by atoms with E-state index in [2.05, 4.69) is 6.07 Å². The number of carbonyl (C=O) groups excluding carboxylic acids is 2. The summed E-state index contributed by atoms with van der Waals surface area (Å²) in [5, 5.41) is 0. The Morgan fingerprint density at radius 3 is 1.28 bits per heavy atom. The van der Waals surface area contributed by atoms with Crippen LogP contribution >= 0.6 is 0 Å². The summed E-state index contributed by atoms with van der Waals surface area (Å²) in [6.45, 7) is 0. The van der Waals surface area contributed by atoms with Crippen molar-refractivity contribution < 1.29 is 9.59 Å². The van der Waals surface area contributed by atoms with Crippen molar-refractivity contribution in [3.05, 3.63) is 96.1 Å². The molecule has 0 atom stereocenters. The summed E-state index contributed by atoms with van der Waals surface area (Å²) >= 11 is 0. The molecule has 0 aromatic heterocycles. The first-order valence-electron chi connectivity index (χ1n) is 13.6. The van der Waals surface area contributed by atoms with Gasteiger partial charge in [0.2, 0.25) is 0 Å². The number of carbonyl (C=O) groups is 2. The minimum atomic E-state index is 0.0400. The van der Waals surface area contributed by atoms with Crippen molar-refractivity contribution in [2.24, 2.45) is 0 Å². The van der Waals surface area contributed by atoms with Crippen molar-refractivity contribution >= 4 is 23.2 Å². The second kappa shape index (κ2) is 11.6. The molecule has 2 saturated carbocycles. The van der Waals surface area contributed by atoms with Gasteiger partial charge in [-0.1, -0.05) is 81.0 Å². The predicted molar refractivity (Wildman–Crippen MR) is 147 cm³/mol. The maximum atomic E-state index is 13.8. The lowest BCUT2D eigenvalue weighted by Crippen LogP contribution is -2.43. The van der Waals surface area contributed by atoms with Crippen LogP contribution in [0.4, 0.5) is 11.4 Å². The van der Waals surface area contributed by atoms with Crippen molar-refractivity contribution in [1.29, 1.82) is 0 Å². The van der Waals surface area contributed by atoms with Crippen LogP contribution in [-0.2, 0) is 0 Å². The molecule has 2 aliphatic rings. The molecule has 2 aliphatic carbocycles. The second-order valence-corrected chi connectivity index (χ2v) is 10.2. The molecule has 0 heterocycles. The number of hydrogen-bond acceptors (Lipinski definition) is 2. The molecule has 3 aromatic rings. The van der Waals surface area contributed by atoms with E-state index in [0.29, 0.717) is 11.1 Å². The van der Waals surface area contributed by atoms with Gasteiger partial charge in [-0.2, -0.15) is 0 Å². The van der Waals surface area contributed by atoms with Crippen LogP contribution in [-0.4, -0.2) is 23.9 Å². The molecule has 4 nitrogen and oxygen atoms in total. The molecule has 2 amide bonds. The van der Waals surface area contributed by atoms with E-state index in [1.807, 2.05) is 88.7 Å². The summed E-state index contributed by atoms with van der Waals surface area (Å²) in [5.74, 6) is 0.0801. The maximum Gasteiger partial charge on any atom is 0.258 e. The molecule has 36 heavy (non-hydrogen) atoms. The van der Waals surface area contributed by atoms with Gasteiger partial charge in [0.1, 0.15) is 0 Å². The van der Waals surface area contributed by atoms with Crippen molar-refractivity contribution in [2.45, 2.75) is 76.3 Å². The minimum Gasteiger partial charge on any atom is -0.305 e. The average molecular weight is 481 g/mol. The smallest absolute Gasteiger partial charge is 0.258 e. The van der Waals surface area contributed by atoms with Crippen molar-refractivity contribution in [2.75, 3.05) is 9.80 Å². The van der Waals surface area contributed by atoms with E-state index in [9.17, 15) is 9.59 Å². The summed E-state index contributed by atoms with van der Waals surface area (Å²) in [5.41, 5.74) is 3.18. The first-order chi connectivity index (χ1) is 17.7. The van der Waals surface area contributed by atoms with Gasteiger partial charge in [-0.15, -0.1) is 0 Å². The number of anilines is 2. The summed E-state index contributed by atoms with van der Waals surface area (Å²) in [6.07, 6.45) is 11.1. The van der Waals surface area contributed by atoms with E-state index in [-0.39, 0.29) is 23.9 Å². The van der Waals surface area contributed by atoms with Crippen molar-refractivity contribution in [3.63, 3.8) is 0 Å². The third kappa shape index (κ3) is 5.38. The van der Waals surface area contributed by atoms with E-state index in [0.717, 1.165) is 62.7 Å². The lowest BCUT2D eigenvalue weighted by molar-refractivity contribution is 0.0964. The molecule has 0 unspecified atom stereocenters. The van der Waals surface area contributed by atoms with Crippen LogP contribution in [0.25, 0.3) is 0 Å². The zero-order valence-corrected chi connectivity index (χ0v) is 21.0. The third-order valence-corrected chi connectivity index (χ3v) is 7.74. The zero-order valence-electron chi connectivity index (χ0n) is 21.0. The average Bonchev–Trinajstić information content (AvgIpc) is 2.96. The molecular formula is C32H36N2O2. The summed E-state index contributed by atoms with van der Waals surface area (Å²) in [4.78, 5) is 31.7. The monoisotopic (exact) mass is 480 g/mol. The lowest BCUT2D eigenvalue weighted by atomic mass is 9.92. The Labute approximate surface area is 214 Å². The summed E-state index contributed by atoms with van der Waals surface area (Å²) in [7, 11) is 0. The van der Waals surface area contributed by atoms with Crippen LogP contribution in [0.3, 0.4) is 0 Å². The molecule has 2 fully saturated rings. The Morgan fingerprint density at radius 1 is 0.500 bits per heavy atom. The summed E-state index contributed by atoms with van der Waals surface area (Å²) < 4.78 is 0. The Bertz CT molecular complexity index is 1060. The van der Waals surface area contributed by atoms with E-state index >= 15 is 0 Å². The van der Waals surface area contributed by atoms with Gasteiger partial charge in [0, 0.05) is 34.6 Å². The van der Waals surface area contributed by atoms with Gasteiger partial charge in [0.15, 0.2) is 0 Å². The van der Waals surface area contributed by atoms with Gasteiger partial charge < -0.3 is 9.80 Å². The Morgan fingerprint density at radius 2 is 0.889 bits per heavy atom. The van der Waals surface area contributed by atoms with Gasteiger partial charge in [0.25, 0.3) is 11.8 Å². The van der Waals surface area contributed by atoms with Crippen molar-refractivity contribution in [3.8, 4) is 0 Å². The number of hydrogen-bond donors (Lipinski definition) is 0. The normalized spacial score (nSPS) is 16.9. The molecule has 0 spiro atoms. The third-order valence-electron chi connectivity index (χ3n) is 7.74. The van der Waals surface area contributed by atoms with E-state index in [1.54, 1.807) is 0 Å². The van der Waals surface area contributed by atoms with Gasteiger partial charge in [-0.05, 0) is 68.1 Å². The minimum absolute atomic E-state index is 0.0400. The van der Waals surface area contributed by atoms with E-state index in [4.69, 9.17) is 0 Å². The van der Waals surface area contributed by atoms with E-state index < -0.39 is 0 Å². The van der Waals surface area contributed by atoms with Gasteiger partial charge in [0.05, 0.1) is 0 Å². The first-order valence-corrected chi connectivity index (χ1v) is 13.6. The molecule has 0 aliphatic heterocycles. The van der Waals surface area contributed by atoms with E-state index in [1.165, 1.54) is 12.8 Å². The van der Waals surface area contributed by atoms with Crippen LogP contribution in [0.5, 0.6) is 0 Å². The van der Waals surface area contributed by atoms with Gasteiger partial charge in [-0.3, -0.25) is 9.59 Å². The fraction of sp³-hybridized carbons (Fsp3) is 0.375. The Balaban J connectivity index is 1.54. The quantitative estimate of drug-likeness (QED) is 0.364. The van der Waals surface area contributed by atoms with Crippen LogP contribution in [0.2, 0.25) is 0 Å². The highest BCUT2D eigenvalue weighted by Gasteiger charge is 2.31. The largest absolute Gasteiger partial charge is 0.305 e. The van der Waals surface area contributed by atoms with Crippen LogP contribution < -0.4 is 9.80 Å². The van der Waals surface area contributed by atoms with Crippen LogP contribution in [0.1, 0.15) is 84.9 Å². The highest BCUT2D eigenvalue weighted by molar-refractivity contribution is 6.08. The topological polar surface area (TPSA) is 40.6 Å². The van der Waals surface area contributed by atoms with Crippen LogP contribution in [0, 0.1) is 0 Å². The molecular weight excluding hydrogens is 444 g/mol. The molecule has 3 aromatic carbocycles. The molecule has 0 N–H and O–H groups in total. The number of rotatable bonds is 6. The van der Waals surface area contributed by atoms with Gasteiger partial charge in [-0.25, -0.2) is 0 Å². The Hall–Kier alpha value is -3.40. The molecule has 186 valence electrons. The lowest BCUT2D eigenvalue weighted by Gasteiger charge is -2.37. The SMILES string of the molecule is O=C(c1ccccc1)N(c1cccc(N(C(=O)c2ccccc2)C2CCCCC2)c1)C1CCCCC1. The van der Waals surface area contributed by atoms with Crippen molar-refractivity contribution in [1.82, 2.24) is 0 Å². The number of amides is 2. The number of benzene rings is 3.